The average Bonchev–Trinajstić information content (AvgIpc) is 2.70. The number of hydrogen-bond donors (Lipinski definition) is 2. The molecule has 0 fully saturated rings. The van der Waals surface area contributed by atoms with Crippen molar-refractivity contribution in [3.63, 3.8) is 0 Å². The Kier molecular flexibility index (Phi) is 4.96. The SMILES string of the molecule is Cc1[nH]c2ccccc2c1N(C(=S)S)N(C(C)C)C(C)C. The lowest BCUT2D eigenvalue weighted by Crippen LogP contribution is -2.52. The molecule has 3 nitrogen and oxygen atoms in total. The fourth-order valence-electron chi connectivity index (χ4n) is 2.90. The molecule has 1 aromatic heterocycles. The van der Waals surface area contributed by atoms with Crippen LogP contribution in [0.25, 0.3) is 10.9 Å². The predicted molar refractivity (Wildman–Crippen MR) is 99.2 cm³/mol. The van der Waals surface area contributed by atoms with E-state index in [4.69, 9.17) is 12.2 Å². The maximum absolute atomic E-state index is 5.44. The molecule has 1 heterocycles. The zero-order valence-corrected chi connectivity index (χ0v) is 14.9. The van der Waals surface area contributed by atoms with E-state index in [0.29, 0.717) is 16.4 Å². The van der Waals surface area contributed by atoms with Gasteiger partial charge in [0.15, 0.2) is 4.32 Å². The Morgan fingerprint density at radius 3 is 2.24 bits per heavy atom. The number of anilines is 1. The smallest absolute Gasteiger partial charge is 0.152 e. The third-order valence-corrected chi connectivity index (χ3v) is 3.90. The molecular weight excluding hydrogens is 298 g/mol. The number of fused-ring (bicyclic) bond motifs is 1. The minimum absolute atomic E-state index is 0.322. The summed E-state index contributed by atoms with van der Waals surface area (Å²) in [5.41, 5.74) is 3.30. The summed E-state index contributed by atoms with van der Waals surface area (Å²) in [7, 11) is 0. The predicted octanol–water partition coefficient (Wildman–Crippen LogP) is 4.53. The molecule has 0 unspecified atom stereocenters. The number of benzene rings is 1. The third kappa shape index (κ3) is 3.10. The van der Waals surface area contributed by atoms with Gasteiger partial charge in [-0.05, 0) is 40.7 Å². The van der Waals surface area contributed by atoms with Crippen LogP contribution in [0.15, 0.2) is 24.3 Å². The highest BCUT2D eigenvalue weighted by Gasteiger charge is 2.27. The number of rotatable bonds is 4. The number of aromatic nitrogens is 1. The van der Waals surface area contributed by atoms with Crippen molar-refractivity contribution in [3.05, 3.63) is 30.0 Å². The van der Waals surface area contributed by atoms with E-state index >= 15 is 0 Å². The average molecular weight is 322 g/mol. The van der Waals surface area contributed by atoms with Gasteiger partial charge in [-0.2, -0.15) is 0 Å². The van der Waals surface area contributed by atoms with Gasteiger partial charge in [0, 0.05) is 28.7 Å². The summed E-state index contributed by atoms with van der Waals surface area (Å²) in [5, 5.41) is 5.48. The van der Waals surface area contributed by atoms with Crippen molar-refractivity contribution in [2.24, 2.45) is 0 Å². The molecule has 5 heteroatoms. The fraction of sp³-hybridized carbons (Fsp3) is 0.438. The molecule has 0 saturated heterocycles. The highest BCUT2D eigenvalue weighted by atomic mass is 32.1. The van der Waals surface area contributed by atoms with Crippen LogP contribution in [0, 0.1) is 6.92 Å². The minimum Gasteiger partial charge on any atom is -0.357 e. The second-order valence-corrected chi connectivity index (χ2v) is 6.92. The molecule has 114 valence electrons. The molecule has 0 aliphatic carbocycles. The first-order chi connectivity index (χ1) is 9.84. The van der Waals surface area contributed by atoms with Gasteiger partial charge >= 0.3 is 0 Å². The summed E-state index contributed by atoms with van der Waals surface area (Å²) in [6.45, 7) is 10.8. The zero-order chi connectivity index (χ0) is 15.7. The van der Waals surface area contributed by atoms with Crippen molar-refractivity contribution < 1.29 is 0 Å². The number of para-hydroxylation sites is 1. The summed E-state index contributed by atoms with van der Waals surface area (Å²) in [5.74, 6) is 0. The van der Waals surface area contributed by atoms with Crippen molar-refractivity contribution in [2.75, 3.05) is 5.01 Å². The fourth-order valence-corrected chi connectivity index (χ4v) is 3.29. The number of thiol groups is 1. The Bertz CT molecular complexity index is 638. The number of aryl methyl sites for hydroxylation is 1. The molecule has 1 aromatic carbocycles. The number of nitrogens with zero attached hydrogens (tertiary/aromatic N) is 2. The number of nitrogens with one attached hydrogen (secondary N) is 1. The third-order valence-electron chi connectivity index (χ3n) is 3.54. The lowest BCUT2D eigenvalue weighted by molar-refractivity contribution is 0.184. The maximum Gasteiger partial charge on any atom is 0.152 e. The molecule has 2 aromatic rings. The van der Waals surface area contributed by atoms with Crippen molar-refractivity contribution >= 4 is 45.8 Å². The first kappa shape index (κ1) is 16.3. The van der Waals surface area contributed by atoms with E-state index in [0.717, 1.165) is 22.3 Å². The van der Waals surface area contributed by atoms with Gasteiger partial charge in [0.25, 0.3) is 0 Å². The molecular formula is C16H23N3S2. The van der Waals surface area contributed by atoms with Crippen LogP contribution >= 0.6 is 24.8 Å². The van der Waals surface area contributed by atoms with Gasteiger partial charge < -0.3 is 4.98 Å². The lowest BCUT2D eigenvalue weighted by Gasteiger charge is -2.41. The molecule has 0 aliphatic rings. The molecule has 0 saturated carbocycles. The minimum atomic E-state index is 0.322. The normalized spacial score (nSPS) is 11.9. The Labute approximate surface area is 137 Å². The highest BCUT2D eigenvalue weighted by Crippen LogP contribution is 2.33. The second kappa shape index (κ2) is 6.38. The van der Waals surface area contributed by atoms with Gasteiger partial charge in [-0.3, -0.25) is 5.01 Å². The van der Waals surface area contributed by atoms with Crippen molar-refractivity contribution in [2.45, 2.75) is 46.7 Å². The number of aromatic amines is 1. The standard InChI is InChI=1S/C16H23N3S2/c1-10(2)18(11(3)4)19(16(20)21)15-12(5)17-14-9-7-6-8-13(14)15/h6-11,17H,1-5H3,(H,20,21). The second-order valence-electron chi connectivity index (χ2n) is 5.81. The van der Waals surface area contributed by atoms with Crippen LogP contribution in [0.4, 0.5) is 5.69 Å². The molecule has 0 atom stereocenters. The Hall–Kier alpha value is -1.04. The van der Waals surface area contributed by atoms with E-state index in [1.807, 2.05) is 12.1 Å². The summed E-state index contributed by atoms with van der Waals surface area (Å²) in [6.07, 6.45) is 0. The molecule has 0 amide bonds. The van der Waals surface area contributed by atoms with Crippen LogP contribution < -0.4 is 5.01 Å². The van der Waals surface area contributed by atoms with Gasteiger partial charge in [-0.1, -0.05) is 30.4 Å². The monoisotopic (exact) mass is 321 g/mol. The van der Waals surface area contributed by atoms with Crippen molar-refractivity contribution in [1.82, 2.24) is 9.99 Å². The Balaban J connectivity index is 2.66. The van der Waals surface area contributed by atoms with Gasteiger partial charge in [0.1, 0.15) is 0 Å². The van der Waals surface area contributed by atoms with Gasteiger partial charge in [0.2, 0.25) is 0 Å². The van der Waals surface area contributed by atoms with E-state index in [9.17, 15) is 0 Å². The topological polar surface area (TPSA) is 22.3 Å². The van der Waals surface area contributed by atoms with E-state index in [1.54, 1.807) is 0 Å². The van der Waals surface area contributed by atoms with Crippen LogP contribution in [0.1, 0.15) is 33.4 Å². The molecule has 2 rings (SSSR count). The first-order valence-corrected chi connectivity index (χ1v) is 8.08. The molecule has 1 N–H and O–H groups in total. The summed E-state index contributed by atoms with van der Waals surface area (Å²) < 4.78 is 0.560. The maximum atomic E-state index is 5.44. The van der Waals surface area contributed by atoms with Crippen LogP contribution in [-0.4, -0.2) is 26.4 Å². The van der Waals surface area contributed by atoms with Gasteiger partial charge in [0.05, 0.1) is 5.69 Å². The molecule has 0 spiro atoms. The number of hydrazine groups is 1. The van der Waals surface area contributed by atoms with Crippen molar-refractivity contribution in [3.8, 4) is 0 Å². The van der Waals surface area contributed by atoms with Gasteiger partial charge in [-0.25, -0.2) is 5.01 Å². The van der Waals surface area contributed by atoms with Gasteiger partial charge in [-0.15, -0.1) is 12.6 Å². The molecule has 0 aliphatic heterocycles. The van der Waals surface area contributed by atoms with Crippen LogP contribution in [-0.2, 0) is 0 Å². The number of thiocarbonyl (C=S) groups is 1. The number of H-pyrrole nitrogens is 1. The molecule has 0 radical (unpaired) electrons. The lowest BCUT2D eigenvalue weighted by atomic mass is 10.2. The zero-order valence-electron chi connectivity index (χ0n) is 13.2. The Morgan fingerprint density at radius 2 is 1.71 bits per heavy atom. The van der Waals surface area contributed by atoms with E-state index < -0.39 is 0 Å². The van der Waals surface area contributed by atoms with E-state index in [1.165, 1.54) is 0 Å². The first-order valence-electron chi connectivity index (χ1n) is 7.23. The van der Waals surface area contributed by atoms with Crippen LogP contribution in [0.5, 0.6) is 0 Å². The van der Waals surface area contributed by atoms with E-state index in [2.05, 4.69) is 74.4 Å². The molecule has 21 heavy (non-hydrogen) atoms. The summed E-state index contributed by atoms with van der Waals surface area (Å²) in [6, 6.07) is 8.93. The van der Waals surface area contributed by atoms with Crippen molar-refractivity contribution in [1.29, 1.82) is 0 Å². The quantitative estimate of drug-likeness (QED) is 0.491. The molecule has 0 bridgehead atoms. The summed E-state index contributed by atoms with van der Waals surface area (Å²) in [4.78, 5) is 3.43. The summed E-state index contributed by atoms with van der Waals surface area (Å²) >= 11 is 9.92. The van der Waals surface area contributed by atoms with Crippen LogP contribution in [0.3, 0.4) is 0 Å². The highest BCUT2D eigenvalue weighted by molar-refractivity contribution is 8.11. The Morgan fingerprint density at radius 1 is 1.14 bits per heavy atom. The van der Waals surface area contributed by atoms with E-state index in [-0.39, 0.29) is 0 Å². The number of hydrogen-bond acceptors (Lipinski definition) is 2. The van der Waals surface area contributed by atoms with Crippen LogP contribution in [0.2, 0.25) is 0 Å². The largest absolute Gasteiger partial charge is 0.357 e.